The summed E-state index contributed by atoms with van der Waals surface area (Å²) in [7, 11) is 3.78. The van der Waals surface area contributed by atoms with Gasteiger partial charge < -0.3 is 15.3 Å². The Morgan fingerprint density at radius 2 is 2.10 bits per heavy atom. The summed E-state index contributed by atoms with van der Waals surface area (Å²) < 4.78 is 1.10. The lowest BCUT2D eigenvalue weighted by atomic mass is 10.1. The molecule has 1 atom stereocenters. The van der Waals surface area contributed by atoms with E-state index < -0.39 is 5.60 Å². The summed E-state index contributed by atoms with van der Waals surface area (Å²) in [5.41, 5.74) is -0.935. The standard InChI is InChI=1S/C15H20N2O2S/c1-15(19,10-17(2)3)9-16-14(18)13-8-11-6-4-5-7-12(11)20-13/h4-8,19H,9-10H2,1-3H3,(H,16,18). The van der Waals surface area contributed by atoms with Gasteiger partial charge in [0, 0.05) is 17.8 Å². The Hall–Kier alpha value is -1.43. The lowest BCUT2D eigenvalue weighted by Crippen LogP contribution is -2.47. The average molecular weight is 292 g/mol. The first-order chi connectivity index (χ1) is 9.37. The highest BCUT2D eigenvalue weighted by Gasteiger charge is 2.22. The van der Waals surface area contributed by atoms with Crippen LogP contribution in [0.5, 0.6) is 0 Å². The largest absolute Gasteiger partial charge is 0.387 e. The monoisotopic (exact) mass is 292 g/mol. The molecule has 0 spiro atoms. The van der Waals surface area contributed by atoms with Crippen molar-refractivity contribution in [2.24, 2.45) is 0 Å². The van der Waals surface area contributed by atoms with Crippen LogP contribution in [-0.4, -0.2) is 48.7 Å². The van der Waals surface area contributed by atoms with E-state index in [4.69, 9.17) is 0 Å². The van der Waals surface area contributed by atoms with Gasteiger partial charge in [-0.1, -0.05) is 18.2 Å². The van der Waals surface area contributed by atoms with E-state index in [1.807, 2.05) is 49.3 Å². The minimum Gasteiger partial charge on any atom is -0.387 e. The highest BCUT2D eigenvalue weighted by atomic mass is 32.1. The van der Waals surface area contributed by atoms with Crippen LogP contribution < -0.4 is 5.32 Å². The first-order valence-electron chi connectivity index (χ1n) is 6.51. The van der Waals surface area contributed by atoms with Gasteiger partial charge in [0.2, 0.25) is 0 Å². The van der Waals surface area contributed by atoms with Crippen molar-refractivity contribution in [3.8, 4) is 0 Å². The van der Waals surface area contributed by atoms with Gasteiger partial charge in [0.25, 0.3) is 5.91 Å². The van der Waals surface area contributed by atoms with Crippen LogP contribution in [0.4, 0.5) is 0 Å². The number of nitrogens with one attached hydrogen (secondary N) is 1. The number of fused-ring (bicyclic) bond motifs is 1. The number of rotatable bonds is 5. The molecule has 108 valence electrons. The van der Waals surface area contributed by atoms with Crippen LogP contribution >= 0.6 is 11.3 Å². The average Bonchev–Trinajstić information content (AvgIpc) is 2.78. The number of benzene rings is 1. The molecule has 1 heterocycles. The summed E-state index contributed by atoms with van der Waals surface area (Å²) in [6.07, 6.45) is 0. The van der Waals surface area contributed by atoms with Gasteiger partial charge in [0.1, 0.15) is 0 Å². The Balaban J connectivity index is 2.01. The Kier molecular flexibility index (Phi) is 4.42. The van der Waals surface area contributed by atoms with Gasteiger partial charge in [-0.05, 0) is 38.5 Å². The highest BCUT2D eigenvalue weighted by molar-refractivity contribution is 7.20. The Labute approximate surface area is 123 Å². The Bertz CT molecular complexity index is 572. The van der Waals surface area contributed by atoms with E-state index in [2.05, 4.69) is 5.32 Å². The molecule has 0 radical (unpaired) electrons. The molecule has 1 aromatic heterocycles. The van der Waals surface area contributed by atoms with E-state index in [1.54, 1.807) is 6.92 Å². The molecule has 20 heavy (non-hydrogen) atoms. The van der Waals surface area contributed by atoms with Crippen molar-refractivity contribution in [3.63, 3.8) is 0 Å². The predicted octanol–water partition coefficient (Wildman–Crippen LogP) is 1.94. The smallest absolute Gasteiger partial charge is 0.261 e. The van der Waals surface area contributed by atoms with Gasteiger partial charge in [-0.3, -0.25) is 4.79 Å². The van der Waals surface area contributed by atoms with Gasteiger partial charge in [0.15, 0.2) is 0 Å². The first-order valence-corrected chi connectivity index (χ1v) is 7.33. The molecule has 0 fully saturated rings. The van der Waals surface area contributed by atoms with Crippen LogP contribution in [0, 0.1) is 0 Å². The van der Waals surface area contributed by atoms with E-state index in [9.17, 15) is 9.90 Å². The minimum absolute atomic E-state index is 0.134. The van der Waals surface area contributed by atoms with Crippen LogP contribution in [0.25, 0.3) is 10.1 Å². The normalized spacial score (nSPS) is 14.4. The molecule has 0 bridgehead atoms. The van der Waals surface area contributed by atoms with Crippen molar-refractivity contribution in [1.29, 1.82) is 0 Å². The third-order valence-electron chi connectivity index (χ3n) is 2.94. The zero-order valence-corrected chi connectivity index (χ0v) is 12.8. The molecule has 0 aliphatic rings. The molecule has 4 nitrogen and oxygen atoms in total. The van der Waals surface area contributed by atoms with E-state index >= 15 is 0 Å². The fraction of sp³-hybridized carbons (Fsp3) is 0.400. The van der Waals surface area contributed by atoms with Gasteiger partial charge in [-0.2, -0.15) is 0 Å². The number of aliphatic hydroxyl groups is 1. The van der Waals surface area contributed by atoms with E-state index in [0.29, 0.717) is 11.4 Å². The van der Waals surface area contributed by atoms with Crippen molar-refractivity contribution < 1.29 is 9.90 Å². The Morgan fingerprint density at radius 1 is 1.40 bits per heavy atom. The van der Waals surface area contributed by atoms with Crippen LogP contribution in [0.3, 0.4) is 0 Å². The Morgan fingerprint density at radius 3 is 2.75 bits per heavy atom. The number of hydrogen-bond donors (Lipinski definition) is 2. The van der Waals surface area contributed by atoms with Crippen molar-refractivity contribution in [2.75, 3.05) is 27.2 Å². The molecule has 2 N–H and O–H groups in total. The SMILES string of the molecule is CN(C)CC(C)(O)CNC(=O)c1cc2ccccc2s1. The van der Waals surface area contributed by atoms with Crippen LogP contribution in [-0.2, 0) is 0 Å². The van der Waals surface area contributed by atoms with Crippen molar-refractivity contribution in [3.05, 3.63) is 35.2 Å². The van der Waals surface area contributed by atoms with Gasteiger partial charge >= 0.3 is 0 Å². The molecule has 1 unspecified atom stereocenters. The van der Waals surface area contributed by atoms with Crippen LogP contribution in [0.15, 0.2) is 30.3 Å². The molecular weight excluding hydrogens is 272 g/mol. The molecule has 1 amide bonds. The fourth-order valence-electron chi connectivity index (χ4n) is 2.19. The second kappa shape index (κ2) is 5.91. The fourth-order valence-corrected chi connectivity index (χ4v) is 3.17. The molecule has 5 heteroatoms. The summed E-state index contributed by atoms with van der Waals surface area (Å²) in [6, 6.07) is 9.79. The first kappa shape index (κ1) is 15.0. The van der Waals surface area contributed by atoms with Crippen molar-refractivity contribution >= 4 is 27.3 Å². The number of amides is 1. The lowest BCUT2D eigenvalue weighted by molar-refractivity contribution is 0.0326. The molecule has 0 aliphatic heterocycles. The summed E-state index contributed by atoms with van der Waals surface area (Å²) in [5.74, 6) is -0.134. The second-order valence-electron chi connectivity index (χ2n) is 5.57. The topological polar surface area (TPSA) is 52.6 Å². The predicted molar refractivity (Wildman–Crippen MR) is 83.3 cm³/mol. The molecule has 2 rings (SSSR count). The molecule has 0 aliphatic carbocycles. The second-order valence-corrected chi connectivity index (χ2v) is 6.65. The van der Waals surface area contributed by atoms with E-state index in [1.165, 1.54) is 11.3 Å². The summed E-state index contributed by atoms with van der Waals surface area (Å²) in [5, 5.41) is 14.0. The molecule has 1 aromatic carbocycles. The van der Waals surface area contributed by atoms with Gasteiger partial charge in [0.05, 0.1) is 10.5 Å². The number of nitrogens with zero attached hydrogens (tertiary/aromatic N) is 1. The lowest BCUT2D eigenvalue weighted by Gasteiger charge is -2.26. The number of likely N-dealkylation sites (N-methyl/N-ethyl adjacent to an activating group) is 1. The summed E-state index contributed by atoms with van der Waals surface area (Å²) in [4.78, 5) is 14.7. The molecule has 0 saturated carbocycles. The van der Waals surface area contributed by atoms with Crippen molar-refractivity contribution in [2.45, 2.75) is 12.5 Å². The molecular formula is C15H20N2O2S. The number of hydrogen-bond acceptors (Lipinski definition) is 4. The molecule has 0 saturated heterocycles. The summed E-state index contributed by atoms with van der Waals surface area (Å²) >= 11 is 1.47. The van der Waals surface area contributed by atoms with Gasteiger partial charge in [-0.15, -0.1) is 11.3 Å². The summed E-state index contributed by atoms with van der Waals surface area (Å²) in [6.45, 7) is 2.45. The van der Waals surface area contributed by atoms with Crippen LogP contribution in [0.1, 0.15) is 16.6 Å². The van der Waals surface area contributed by atoms with E-state index in [-0.39, 0.29) is 12.5 Å². The maximum absolute atomic E-state index is 12.1. The van der Waals surface area contributed by atoms with Crippen LogP contribution in [0.2, 0.25) is 0 Å². The highest BCUT2D eigenvalue weighted by Crippen LogP contribution is 2.25. The van der Waals surface area contributed by atoms with Crippen molar-refractivity contribution in [1.82, 2.24) is 10.2 Å². The minimum atomic E-state index is -0.935. The third-order valence-corrected chi connectivity index (χ3v) is 4.05. The van der Waals surface area contributed by atoms with E-state index in [0.717, 1.165) is 10.1 Å². The third kappa shape index (κ3) is 3.79. The zero-order chi connectivity index (χ0) is 14.8. The number of thiophene rings is 1. The quantitative estimate of drug-likeness (QED) is 0.885. The zero-order valence-electron chi connectivity index (χ0n) is 12.0. The number of carbonyl (C=O) groups excluding carboxylic acids is 1. The number of carbonyl (C=O) groups is 1. The molecule has 2 aromatic rings. The van der Waals surface area contributed by atoms with Gasteiger partial charge in [-0.25, -0.2) is 0 Å². The maximum atomic E-state index is 12.1. The maximum Gasteiger partial charge on any atom is 0.261 e.